The Morgan fingerprint density at radius 2 is 2.00 bits per heavy atom. The number of hydrogen-bond donors (Lipinski definition) is 1. The summed E-state index contributed by atoms with van der Waals surface area (Å²) in [5.74, 6) is -0.367. The molecule has 0 radical (unpaired) electrons. The fraction of sp³-hybridized carbons (Fsp3) is 0.444. The molecule has 2 amide bonds. The molecular formula is C18H24N4O3S. The highest BCUT2D eigenvalue weighted by Gasteiger charge is 2.17. The van der Waals surface area contributed by atoms with Crippen LogP contribution in [-0.2, 0) is 9.59 Å². The van der Waals surface area contributed by atoms with Gasteiger partial charge in [-0.25, -0.2) is 4.98 Å². The van der Waals surface area contributed by atoms with Crippen LogP contribution in [0.3, 0.4) is 0 Å². The highest BCUT2D eigenvalue weighted by molar-refractivity contribution is 7.99. The molecule has 7 nitrogen and oxygen atoms in total. The van der Waals surface area contributed by atoms with E-state index in [1.165, 1.54) is 16.7 Å². The molecule has 0 fully saturated rings. The van der Waals surface area contributed by atoms with Crippen LogP contribution in [0.5, 0.6) is 0 Å². The van der Waals surface area contributed by atoms with Gasteiger partial charge in [0, 0.05) is 20.1 Å². The summed E-state index contributed by atoms with van der Waals surface area (Å²) in [5, 5.41) is 3.66. The molecule has 0 saturated carbocycles. The maximum atomic E-state index is 12.8. The van der Waals surface area contributed by atoms with E-state index in [-0.39, 0.29) is 35.7 Å². The fourth-order valence-electron chi connectivity index (χ4n) is 2.31. The number of carbonyl (C=O) groups excluding carboxylic acids is 2. The molecule has 0 aliphatic carbocycles. The van der Waals surface area contributed by atoms with Gasteiger partial charge in [0.2, 0.25) is 11.8 Å². The first kappa shape index (κ1) is 20.0. The van der Waals surface area contributed by atoms with Crippen molar-refractivity contribution in [2.45, 2.75) is 31.5 Å². The molecule has 2 rings (SSSR count). The van der Waals surface area contributed by atoms with Crippen molar-refractivity contribution in [3.63, 3.8) is 0 Å². The zero-order valence-corrected chi connectivity index (χ0v) is 16.3. The number of hydrogen-bond acceptors (Lipinski definition) is 5. The van der Waals surface area contributed by atoms with Gasteiger partial charge in [-0.3, -0.25) is 19.0 Å². The average molecular weight is 376 g/mol. The second-order valence-corrected chi connectivity index (χ2v) is 7.14. The van der Waals surface area contributed by atoms with Crippen LogP contribution in [0.25, 0.3) is 10.9 Å². The molecule has 1 N–H and O–H groups in total. The molecule has 0 spiro atoms. The number of benzene rings is 1. The largest absolute Gasteiger partial charge is 0.347 e. The van der Waals surface area contributed by atoms with E-state index in [4.69, 9.17) is 0 Å². The number of nitrogens with zero attached hydrogens (tertiary/aromatic N) is 3. The van der Waals surface area contributed by atoms with Gasteiger partial charge in [-0.1, -0.05) is 30.8 Å². The van der Waals surface area contributed by atoms with Crippen molar-refractivity contribution in [3.8, 4) is 0 Å². The maximum absolute atomic E-state index is 12.8. The van der Waals surface area contributed by atoms with Crippen LogP contribution in [0.2, 0.25) is 0 Å². The Balaban J connectivity index is 2.21. The predicted octanol–water partition coefficient (Wildman–Crippen LogP) is 1.66. The lowest BCUT2D eigenvalue weighted by Crippen LogP contribution is -2.37. The number of nitrogens with one attached hydrogen (secondary N) is 1. The second-order valence-electron chi connectivity index (χ2n) is 6.20. The SMILES string of the molecule is CC[C@@H](C)n1c(SCC(=O)NCC(=O)N(C)C)nc2ccccc2c1=O. The molecule has 1 heterocycles. The molecule has 0 aliphatic rings. The predicted molar refractivity (Wildman–Crippen MR) is 103 cm³/mol. The average Bonchev–Trinajstić information content (AvgIpc) is 2.63. The van der Waals surface area contributed by atoms with Crippen molar-refractivity contribution >= 4 is 34.5 Å². The van der Waals surface area contributed by atoms with Crippen molar-refractivity contribution in [1.29, 1.82) is 0 Å². The molecule has 1 aromatic heterocycles. The van der Waals surface area contributed by atoms with E-state index in [2.05, 4.69) is 10.3 Å². The van der Waals surface area contributed by atoms with E-state index >= 15 is 0 Å². The van der Waals surface area contributed by atoms with Gasteiger partial charge in [-0.15, -0.1) is 0 Å². The van der Waals surface area contributed by atoms with E-state index in [0.717, 1.165) is 6.42 Å². The minimum atomic E-state index is -0.275. The lowest BCUT2D eigenvalue weighted by atomic mass is 10.2. The molecule has 0 unspecified atom stereocenters. The second kappa shape index (κ2) is 8.84. The van der Waals surface area contributed by atoms with Crippen molar-refractivity contribution in [1.82, 2.24) is 19.8 Å². The third-order valence-corrected chi connectivity index (χ3v) is 5.03. The van der Waals surface area contributed by atoms with Crippen LogP contribution in [0, 0.1) is 0 Å². The molecule has 0 saturated heterocycles. The van der Waals surface area contributed by atoms with E-state index in [0.29, 0.717) is 16.1 Å². The van der Waals surface area contributed by atoms with Crippen LogP contribution in [0.15, 0.2) is 34.2 Å². The Morgan fingerprint density at radius 3 is 2.65 bits per heavy atom. The number of rotatable bonds is 7. The third kappa shape index (κ3) is 4.63. The Labute approximate surface area is 156 Å². The van der Waals surface area contributed by atoms with Gasteiger partial charge in [0.25, 0.3) is 5.56 Å². The Bertz CT molecular complexity index is 863. The Kier molecular flexibility index (Phi) is 6.79. The van der Waals surface area contributed by atoms with Crippen LogP contribution < -0.4 is 10.9 Å². The summed E-state index contributed by atoms with van der Waals surface area (Å²) >= 11 is 1.20. The maximum Gasteiger partial charge on any atom is 0.262 e. The van der Waals surface area contributed by atoms with Gasteiger partial charge in [0.15, 0.2) is 5.16 Å². The van der Waals surface area contributed by atoms with Crippen LogP contribution in [-0.4, -0.2) is 52.7 Å². The van der Waals surface area contributed by atoms with Crippen LogP contribution in [0.1, 0.15) is 26.3 Å². The van der Waals surface area contributed by atoms with E-state index in [1.807, 2.05) is 26.0 Å². The van der Waals surface area contributed by atoms with Crippen molar-refractivity contribution < 1.29 is 9.59 Å². The number of aromatic nitrogens is 2. The lowest BCUT2D eigenvalue weighted by molar-refractivity contribution is -0.130. The molecular weight excluding hydrogens is 352 g/mol. The Hall–Kier alpha value is -2.35. The summed E-state index contributed by atoms with van der Waals surface area (Å²) in [6.45, 7) is 3.91. The zero-order valence-electron chi connectivity index (χ0n) is 15.5. The summed E-state index contributed by atoms with van der Waals surface area (Å²) < 4.78 is 1.64. The minimum Gasteiger partial charge on any atom is -0.347 e. The first-order chi connectivity index (χ1) is 12.3. The van der Waals surface area contributed by atoms with Crippen molar-refractivity contribution in [3.05, 3.63) is 34.6 Å². The molecule has 8 heteroatoms. The summed E-state index contributed by atoms with van der Waals surface area (Å²) in [7, 11) is 3.26. The number of para-hydroxylation sites is 1. The quantitative estimate of drug-likeness (QED) is 0.587. The summed E-state index contributed by atoms with van der Waals surface area (Å²) in [5.41, 5.74) is 0.512. The molecule has 2 aromatic rings. The highest BCUT2D eigenvalue weighted by atomic mass is 32.2. The fourth-order valence-corrected chi connectivity index (χ4v) is 3.24. The molecule has 140 valence electrons. The van der Waals surface area contributed by atoms with Crippen LogP contribution in [0.4, 0.5) is 0 Å². The van der Waals surface area contributed by atoms with Crippen LogP contribution >= 0.6 is 11.8 Å². The molecule has 1 atom stereocenters. The lowest BCUT2D eigenvalue weighted by Gasteiger charge is -2.18. The minimum absolute atomic E-state index is 0.0273. The Morgan fingerprint density at radius 1 is 1.31 bits per heavy atom. The van der Waals surface area contributed by atoms with Gasteiger partial charge in [0.05, 0.1) is 23.2 Å². The van der Waals surface area contributed by atoms with Gasteiger partial charge in [-0.05, 0) is 25.5 Å². The number of carbonyl (C=O) groups is 2. The standard InChI is InChI=1S/C18H24N4O3S/c1-5-12(2)22-17(25)13-8-6-7-9-14(13)20-18(22)26-11-15(23)19-10-16(24)21(3)4/h6-9,12H,5,10-11H2,1-4H3,(H,19,23)/t12-/m1/s1. The molecule has 0 aliphatic heterocycles. The first-order valence-corrected chi connectivity index (χ1v) is 9.44. The van der Waals surface area contributed by atoms with Crippen molar-refractivity contribution in [2.75, 3.05) is 26.4 Å². The van der Waals surface area contributed by atoms with Gasteiger partial charge in [-0.2, -0.15) is 0 Å². The number of thioether (sulfide) groups is 1. The van der Waals surface area contributed by atoms with Crippen molar-refractivity contribution in [2.24, 2.45) is 0 Å². The number of likely N-dealkylation sites (N-methyl/N-ethyl adjacent to an activating group) is 1. The van der Waals surface area contributed by atoms with Gasteiger partial charge in [0.1, 0.15) is 0 Å². The normalized spacial score (nSPS) is 12.0. The summed E-state index contributed by atoms with van der Waals surface area (Å²) in [6, 6.07) is 7.17. The third-order valence-electron chi connectivity index (χ3n) is 4.07. The van der Waals surface area contributed by atoms with E-state index in [9.17, 15) is 14.4 Å². The molecule has 0 bridgehead atoms. The highest BCUT2D eigenvalue weighted by Crippen LogP contribution is 2.22. The topological polar surface area (TPSA) is 84.3 Å². The summed E-state index contributed by atoms with van der Waals surface area (Å²) in [6.07, 6.45) is 0.775. The van der Waals surface area contributed by atoms with Gasteiger partial charge < -0.3 is 10.2 Å². The molecule has 26 heavy (non-hydrogen) atoms. The van der Waals surface area contributed by atoms with Gasteiger partial charge >= 0.3 is 0 Å². The summed E-state index contributed by atoms with van der Waals surface area (Å²) in [4.78, 5) is 42.4. The smallest absolute Gasteiger partial charge is 0.262 e. The number of amides is 2. The monoisotopic (exact) mass is 376 g/mol. The first-order valence-electron chi connectivity index (χ1n) is 8.46. The zero-order chi connectivity index (χ0) is 19.3. The number of fused-ring (bicyclic) bond motifs is 1. The van der Waals surface area contributed by atoms with E-state index < -0.39 is 0 Å². The molecule has 1 aromatic carbocycles. The van der Waals surface area contributed by atoms with E-state index in [1.54, 1.807) is 30.8 Å².